The first-order chi connectivity index (χ1) is 12.5. The van der Waals surface area contributed by atoms with Gasteiger partial charge in [0.25, 0.3) is 5.91 Å². The second-order valence-corrected chi connectivity index (χ2v) is 8.51. The number of carbonyl (C=O) groups excluding carboxylic acids is 2. The van der Waals surface area contributed by atoms with Crippen LogP contribution in [0, 0.1) is 5.92 Å². The highest BCUT2D eigenvalue weighted by molar-refractivity contribution is 8.04. The maximum Gasteiger partial charge on any atom is 0.254 e. The smallest absolute Gasteiger partial charge is 0.254 e. The van der Waals surface area contributed by atoms with Crippen LogP contribution in [-0.2, 0) is 19.1 Å². The summed E-state index contributed by atoms with van der Waals surface area (Å²) in [5, 5.41) is 9.39. The minimum Gasteiger partial charge on any atom is -0.378 e. The third-order valence-electron chi connectivity index (χ3n) is 5.59. The molecule has 8 nitrogen and oxygen atoms in total. The van der Waals surface area contributed by atoms with Crippen molar-refractivity contribution >= 4 is 23.6 Å². The van der Waals surface area contributed by atoms with E-state index in [1.807, 2.05) is 0 Å². The Balaban J connectivity index is 1.48. The Morgan fingerprint density at radius 3 is 2.88 bits per heavy atom. The predicted molar refractivity (Wildman–Crippen MR) is 95.1 cm³/mol. The van der Waals surface area contributed by atoms with Gasteiger partial charge in [0.2, 0.25) is 5.91 Å². The molecule has 4 rings (SSSR count). The molecule has 0 unspecified atom stereocenters. The Bertz CT molecular complexity index is 676. The molecule has 142 valence electrons. The summed E-state index contributed by atoms with van der Waals surface area (Å²) in [6.07, 6.45) is 1.63. The van der Waals surface area contributed by atoms with Gasteiger partial charge in [0, 0.05) is 18.0 Å². The first-order valence-corrected chi connectivity index (χ1v) is 9.99. The van der Waals surface area contributed by atoms with E-state index < -0.39 is 0 Å². The number of amides is 2. The van der Waals surface area contributed by atoms with Crippen LogP contribution in [-0.4, -0.2) is 72.2 Å². The molecule has 0 saturated carbocycles. The van der Waals surface area contributed by atoms with E-state index in [1.54, 1.807) is 16.7 Å². The lowest BCUT2D eigenvalue weighted by atomic mass is 9.84. The fourth-order valence-electron chi connectivity index (χ4n) is 3.72. The highest BCUT2D eigenvalue weighted by Crippen LogP contribution is 2.51. The van der Waals surface area contributed by atoms with Crippen molar-refractivity contribution in [1.29, 1.82) is 0 Å². The van der Waals surface area contributed by atoms with E-state index in [1.165, 1.54) is 5.01 Å². The van der Waals surface area contributed by atoms with Crippen LogP contribution in [0.3, 0.4) is 0 Å². The Morgan fingerprint density at radius 2 is 2.15 bits per heavy atom. The summed E-state index contributed by atoms with van der Waals surface area (Å²) in [6, 6.07) is 0. The predicted octanol–water partition coefficient (Wildman–Crippen LogP) is 1.59. The average Bonchev–Trinajstić information content (AvgIpc) is 3.03. The second-order valence-electron chi connectivity index (χ2n) is 7.30. The molecule has 3 atom stereocenters. The minimum absolute atomic E-state index is 0.0552. The molecule has 4 heterocycles. The molecule has 1 saturated heterocycles. The number of morpholine rings is 1. The molecule has 0 aromatic rings. The maximum absolute atomic E-state index is 13.1. The van der Waals surface area contributed by atoms with Crippen molar-refractivity contribution in [2.75, 3.05) is 39.5 Å². The quantitative estimate of drug-likeness (QED) is 0.742. The summed E-state index contributed by atoms with van der Waals surface area (Å²) in [5.74, 6) is -0.548. The summed E-state index contributed by atoms with van der Waals surface area (Å²) < 4.78 is 11.3. The Kier molecular flexibility index (Phi) is 4.79. The number of carbonyl (C=O) groups is 2. The van der Waals surface area contributed by atoms with Crippen LogP contribution in [0.4, 0.5) is 0 Å². The van der Waals surface area contributed by atoms with Gasteiger partial charge < -0.3 is 14.4 Å². The van der Waals surface area contributed by atoms with Crippen LogP contribution < -0.4 is 0 Å². The Morgan fingerprint density at radius 1 is 1.38 bits per heavy atom. The van der Waals surface area contributed by atoms with E-state index in [2.05, 4.69) is 24.2 Å². The Labute approximate surface area is 156 Å². The van der Waals surface area contributed by atoms with E-state index in [-0.39, 0.29) is 35.3 Å². The number of rotatable bonds is 3. The topological polar surface area (TPSA) is 83.8 Å². The van der Waals surface area contributed by atoms with Crippen molar-refractivity contribution < 1.29 is 19.1 Å². The fraction of sp³-hybridized carbons (Fsp3) is 0.765. The summed E-state index contributed by atoms with van der Waals surface area (Å²) in [5.41, 5.74) is 0.889. The van der Waals surface area contributed by atoms with Gasteiger partial charge in [-0.25, -0.2) is 5.01 Å². The van der Waals surface area contributed by atoms with Gasteiger partial charge in [-0.05, 0) is 25.3 Å². The molecule has 0 bridgehead atoms. The van der Waals surface area contributed by atoms with Crippen LogP contribution in [0.5, 0.6) is 0 Å². The molecule has 9 heteroatoms. The van der Waals surface area contributed by atoms with Gasteiger partial charge in [-0.2, -0.15) is 5.11 Å². The van der Waals surface area contributed by atoms with E-state index in [9.17, 15) is 9.59 Å². The third-order valence-corrected chi connectivity index (χ3v) is 6.86. The molecule has 0 spiro atoms. The summed E-state index contributed by atoms with van der Waals surface area (Å²) in [7, 11) is 0. The number of nitrogens with zero attached hydrogens (tertiary/aromatic N) is 4. The molecule has 4 aliphatic rings. The van der Waals surface area contributed by atoms with Crippen molar-refractivity contribution in [2.45, 2.75) is 37.7 Å². The van der Waals surface area contributed by atoms with Crippen molar-refractivity contribution in [3.63, 3.8) is 0 Å². The van der Waals surface area contributed by atoms with Crippen LogP contribution in [0.15, 0.2) is 20.8 Å². The van der Waals surface area contributed by atoms with Crippen LogP contribution in [0.1, 0.15) is 26.7 Å². The van der Waals surface area contributed by atoms with Crippen molar-refractivity contribution in [3.05, 3.63) is 10.5 Å². The van der Waals surface area contributed by atoms with Crippen LogP contribution >= 0.6 is 11.8 Å². The molecule has 26 heavy (non-hydrogen) atoms. The maximum atomic E-state index is 13.1. The largest absolute Gasteiger partial charge is 0.378 e. The molecular formula is C17H24N4O4S. The van der Waals surface area contributed by atoms with E-state index in [4.69, 9.17) is 9.47 Å². The van der Waals surface area contributed by atoms with Crippen LogP contribution in [0.2, 0.25) is 0 Å². The number of fused-ring (bicyclic) bond motifs is 2. The number of hydrogen-bond donors (Lipinski definition) is 0. The lowest BCUT2D eigenvalue weighted by Gasteiger charge is -2.36. The van der Waals surface area contributed by atoms with Gasteiger partial charge in [0.1, 0.15) is 11.9 Å². The first-order valence-electron chi connectivity index (χ1n) is 9.11. The summed E-state index contributed by atoms with van der Waals surface area (Å²) in [6.45, 7) is 6.85. The summed E-state index contributed by atoms with van der Waals surface area (Å²) in [4.78, 5) is 28.4. The van der Waals surface area contributed by atoms with E-state index >= 15 is 0 Å². The van der Waals surface area contributed by atoms with Gasteiger partial charge in [-0.1, -0.05) is 23.9 Å². The average molecular weight is 380 g/mol. The lowest BCUT2D eigenvalue weighted by Crippen LogP contribution is -2.48. The lowest BCUT2D eigenvalue weighted by molar-refractivity contribution is -0.146. The molecule has 0 N–H and O–H groups in total. The zero-order valence-electron chi connectivity index (χ0n) is 15.1. The standard InChI is InChI=1S/C17H24N4O4S/c1-3-17(2)8-11-12(10-25-17)26-15-14(11)16(23)21(19-18-15)9-13(22)20-4-6-24-7-5-20/h14-15H,3-10H2,1-2H3/t14-,15-,17+/m0/s1. The first kappa shape index (κ1) is 17.9. The van der Waals surface area contributed by atoms with Gasteiger partial charge in [-0.3, -0.25) is 9.59 Å². The van der Waals surface area contributed by atoms with Crippen molar-refractivity contribution in [2.24, 2.45) is 16.3 Å². The van der Waals surface area contributed by atoms with Gasteiger partial charge in [0.15, 0.2) is 0 Å². The fourth-order valence-corrected chi connectivity index (χ4v) is 5.00. The molecule has 1 fully saturated rings. The molecule has 0 radical (unpaired) electrons. The second kappa shape index (κ2) is 6.94. The monoisotopic (exact) mass is 380 g/mol. The Hall–Kier alpha value is -1.45. The minimum atomic E-state index is -0.320. The molecule has 0 aromatic carbocycles. The normalized spacial score (nSPS) is 34.2. The zero-order valence-corrected chi connectivity index (χ0v) is 16.0. The van der Waals surface area contributed by atoms with Crippen molar-refractivity contribution in [1.82, 2.24) is 9.91 Å². The van der Waals surface area contributed by atoms with Crippen LogP contribution in [0.25, 0.3) is 0 Å². The molecule has 0 aliphatic carbocycles. The van der Waals surface area contributed by atoms with Gasteiger partial charge >= 0.3 is 0 Å². The van der Waals surface area contributed by atoms with Gasteiger partial charge in [-0.15, -0.1) is 0 Å². The number of thioether (sulfide) groups is 1. The number of hydrogen-bond acceptors (Lipinski definition) is 7. The third kappa shape index (κ3) is 3.16. The molecule has 0 aromatic heterocycles. The van der Waals surface area contributed by atoms with E-state index in [0.717, 1.165) is 23.3 Å². The molecular weight excluding hydrogens is 356 g/mol. The van der Waals surface area contributed by atoms with Gasteiger partial charge in [0.05, 0.1) is 31.3 Å². The zero-order chi connectivity index (χ0) is 18.3. The summed E-state index contributed by atoms with van der Waals surface area (Å²) >= 11 is 1.58. The highest BCUT2D eigenvalue weighted by Gasteiger charge is 2.49. The SMILES string of the molecule is CC[C@]1(C)CC2=C(CO1)S[C@@H]1N=NN(CC(=O)N3CCOCC3)C(=O)[C@@H]21. The molecule has 4 aliphatic heterocycles. The van der Waals surface area contributed by atoms with E-state index in [0.29, 0.717) is 32.9 Å². The highest BCUT2D eigenvalue weighted by atomic mass is 32.2. The number of ether oxygens (including phenoxy) is 2. The molecule has 2 amide bonds. The van der Waals surface area contributed by atoms with Crippen molar-refractivity contribution in [3.8, 4) is 0 Å².